The average Bonchev–Trinajstić information content (AvgIpc) is 3.03. The Hall–Kier alpha value is -3.00. The van der Waals surface area contributed by atoms with Crippen molar-refractivity contribution in [1.82, 2.24) is 5.32 Å². The number of carbonyl (C=O) groups is 4. The first-order chi connectivity index (χ1) is 22.1. The van der Waals surface area contributed by atoms with Gasteiger partial charge >= 0.3 is 24.0 Å². The van der Waals surface area contributed by atoms with Crippen LogP contribution in [0, 0.1) is 0 Å². The maximum Gasteiger partial charge on any atom is 0.407 e. The van der Waals surface area contributed by atoms with Crippen molar-refractivity contribution in [3.8, 4) is 0 Å². The lowest BCUT2D eigenvalue weighted by Crippen LogP contribution is -2.29. The molecule has 0 fully saturated rings. The molecule has 0 saturated heterocycles. The van der Waals surface area contributed by atoms with Gasteiger partial charge in [-0.05, 0) is 69.5 Å². The molecular weight excluding hydrogens is 667 g/mol. The van der Waals surface area contributed by atoms with Crippen LogP contribution in [0.1, 0.15) is 39.5 Å². The summed E-state index contributed by atoms with van der Waals surface area (Å²) in [4.78, 5) is 53.5. The molecule has 0 radical (unpaired) electrons. The van der Waals surface area contributed by atoms with E-state index in [1.807, 2.05) is 0 Å². The lowest BCUT2D eigenvalue weighted by Gasteiger charge is -2.19. The molecule has 248 valence electrons. The van der Waals surface area contributed by atoms with Crippen LogP contribution in [0.2, 0.25) is 0 Å². The molecule has 0 atom stereocenters. The molecule has 2 aromatic rings. The van der Waals surface area contributed by atoms with Crippen LogP contribution in [0.25, 0.3) is 0 Å². The monoisotopic (exact) mass is 705 g/mol. The Morgan fingerprint density at radius 1 is 0.674 bits per heavy atom. The van der Waals surface area contributed by atoms with Gasteiger partial charge in [0, 0.05) is 58.4 Å². The van der Waals surface area contributed by atoms with Gasteiger partial charge in [-0.1, -0.05) is 36.7 Å². The zero-order valence-electron chi connectivity index (χ0n) is 26.1. The highest BCUT2D eigenvalue weighted by molar-refractivity contribution is 8.05. The fourth-order valence-corrected chi connectivity index (χ4v) is 7.77. The second kappa shape index (κ2) is 20.3. The maximum atomic E-state index is 11.9. The van der Waals surface area contributed by atoms with Crippen molar-refractivity contribution in [2.24, 2.45) is 0 Å². The Morgan fingerprint density at radius 3 is 1.72 bits per heavy atom. The van der Waals surface area contributed by atoms with Crippen LogP contribution in [0.15, 0.2) is 90.1 Å². The number of amides is 1. The quantitative estimate of drug-likeness (QED) is 0.0436. The summed E-state index contributed by atoms with van der Waals surface area (Å²) in [6, 6.07) is 13.0. The number of fused-ring (bicyclic) bond motifs is 2. The molecule has 9 nitrogen and oxygen atoms in total. The first-order valence-corrected chi connectivity index (χ1v) is 18.3. The molecule has 0 saturated carbocycles. The molecule has 0 unspecified atom stereocenters. The summed E-state index contributed by atoms with van der Waals surface area (Å²) < 4.78 is 20.4. The molecule has 1 amide bonds. The minimum atomic E-state index is -0.534. The lowest BCUT2D eigenvalue weighted by molar-refractivity contribution is -0.145. The van der Waals surface area contributed by atoms with E-state index in [1.165, 1.54) is 24.5 Å². The zero-order valence-corrected chi connectivity index (χ0v) is 29.3. The van der Waals surface area contributed by atoms with Crippen LogP contribution in [0.4, 0.5) is 4.79 Å². The summed E-state index contributed by atoms with van der Waals surface area (Å²) in [5.41, 5.74) is 0.652. The summed E-state index contributed by atoms with van der Waals surface area (Å²) in [6.07, 6.45) is 1.57. The second-order valence-corrected chi connectivity index (χ2v) is 14.5. The number of rotatable bonds is 19. The van der Waals surface area contributed by atoms with Gasteiger partial charge in [0.1, 0.15) is 6.61 Å². The van der Waals surface area contributed by atoms with E-state index in [0.29, 0.717) is 37.2 Å². The molecule has 46 heavy (non-hydrogen) atoms. The molecule has 0 spiro atoms. The van der Waals surface area contributed by atoms with Gasteiger partial charge in [-0.3, -0.25) is 4.79 Å². The van der Waals surface area contributed by atoms with Crippen LogP contribution < -0.4 is 5.32 Å². The van der Waals surface area contributed by atoms with Crippen molar-refractivity contribution in [3.05, 3.63) is 60.7 Å². The summed E-state index contributed by atoms with van der Waals surface area (Å²) in [6.45, 7) is 11.3. The molecule has 1 heterocycles. The molecule has 0 aliphatic carbocycles. The standard InChI is InChI=1S/C33H39NO8S4/c1-22(2)31(36)40-14-5-8-30(35)39-15-6-18-43-24-9-11-26-28(20-24)45-27-12-10-25(21-29(27)46-26)44-19-7-16-42-33(38)34-13-17-41-32(37)23(3)4/h9-12,20-21H,1,3,5-8,13-19H2,2,4H3,(H,34,38). The number of alkyl carbamates (subject to hydrolysis) is 1. The smallest absolute Gasteiger partial charge is 0.407 e. The van der Waals surface area contributed by atoms with E-state index < -0.39 is 18.0 Å². The number of carbonyl (C=O) groups excluding carboxylic acids is 4. The van der Waals surface area contributed by atoms with E-state index in [1.54, 1.807) is 60.9 Å². The van der Waals surface area contributed by atoms with Gasteiger partial charge in [0.2, 0.25) is 0 Å². The summed E-state index contributed by atoms with van der Waals surface area (Å²) in [5, 5.41) is 2.55. The number of esters is 3. The van der Waals surface area contributed by atoms with E-state index in [4.69, 9.17) is 18.9 Å². The maximum absolute atomic E-state index is 11.9. The molecule has 1 N–H and O–H groups in total. The topological polar surface area (TPSA) is 117 Å². The third kappa shape index (κ3) is 13.8. The fourth-order valence-electron chi connectivity index (χ4n) is 3.62. The minimum absolute atomic E-state index is 0.0672. The van der Waals surface area contributed by atoms with Gasteiger partial charge in [-0.15, -0.1) is 23.5 Å². The van der Waals surface area contributed by atoms with Crippen LogP contribution >= 0.6 is 47.0 Å². The highest BCUT2D eigenvalue weighted by Gasteiger charge is 2.18. The summed E-state index contributed by atoms with van der Waals surface area (Å²) in [7, 11) is 0. The number of ether oxygens (including phenoxy) is 4. The van der Waals surface area contributed by atoms with Crippen molar-refractivity contribution in [2.45, 2.75) is 68.9 Å². The predicted molar refractivity (Wildman–Crippen MR) is 183 cm³/mol. The van der Waals surface area contributed by atoms with Gasteiger partial charge in [0.15, 0.2) is 0 Å². The van der Waals surface area contributed by atoms with Crippen molar-refractivity contribution >= 4 is 71.0 Å². The number of hydrogen-bond acceptors (Lipinski definition) is 12. The Balaban J connectivity index is 1.29. The Morgan fingerprint density at radius 2 is 1.17 bits per heavy atom. The predicted octanol–water partition coefficient (Wildman–Crippen LogP) is 7.56. The van der Waals surface area contributed by atoms with E-state index in [0.717, 1.165) is 22.8 Å². The van der Waals surface area contributed by atoms with Crippen molar-refractivity contribution < 1.29 is 38.1 Å². The first-order valence-electron chi connectivity index (χ1n) is 14.7. The second-order valence-electron chi connectivity index (χ2n) is 10.0. The van der Waals surface area contributed by atoms with E-state index in [-0.39, 0.29) is 32.1 Å². The molecule has 0 aromatic heterocycles. The van der Waals surface area contributed by atoms with Crippen LogP contribution in [-0.4, -0.2) is 68.5 Å². The average molecular weight is 706 g/mol. The van der Waals surface area contributed by atoms with Gasteiger partial charge < -0.3 is 24.3 Å². The molecule has 2 aromatic carbocycles. The molecule has 13 heteroatoms. The third-order valence-electron chi connectivity index (χ3n) is 5.94. The highest BCUT2D eigenvalue weighted by atomic mass is 32.2. The highest BCUT2D eigenvalue weighted by Crippen LogP contribution is 2.50. The van der Waals surface area contributed by atoms with E-state index in [2.05, 4.69) is 54.9 Å². The Bertz CT molecular complexity index is 1310. The zero-order chi connectivity index (χ0) is 33.3. The Kier molecular flexibility index (Phi) is 16.5. The van der Waals surface area contributed by atoms with E-state index in [9.17, 15) is 19.2 Å². The van der Waals surface area contributed by atoms with Crippen molar-refractivity contribution in [1.29, 1.82) is 0 Å². The molecule has 1 aliphatic heterocycles. The van der Waals surface area contributed by atoms with Crippen LogP contribution in [0.5, 0.6) is 0 Å². The van der Waals surface area contributed by atoms with Gasteiger partial charge in [-0.25, -0.2) is 14.4 Å². The van der Waals surface area contributed by atoms with Crippen molar-refractivity contribution in [3.63, 3.8) is 0 Å². The van der Waals surface area contributed by atoms with Gasteiger partial charge in [0.25, 0.3) is 0 Å². The number of nitrogens with one attached hydrogen (secondary N) is 1. The number of hydrogen-bond donors (Lipinski definition) is 1. The molecule has 1 aliphatic rings. The molecule has 0 bridgehead atoms. The minimum Gasteiger partial charge on any atom is -0.466 e. The largest absolute Gasteiger partial charge is 0.466 e. The SMILES string of the molecule is C=C(C)C(=O)OCCCC(=O)OCCCSc1ccc2c(c1)Sc1ccc(SCCCOC(=O)NCCOC(=O)C(=C)C)cc1S2. The van der Waals surface area contributed by atoms with Gasteiger partial charge in [-0.2, -0.15) is 0 Å². The van der Waals surface area contributed by atoms with Gasteiger partial charge in [0.05, 0.1) is 26.4 Å². The van der Waals surface area contributed by atoms with Crippen molar-refractivity contribution in [2.75, 3.05) is 44.5 Å². The fraction of sp³-hybridized carbons (Fsp3) is 0.394. The lowest BCUT2D eigenvalue weighted by atomic mass is 10.3. The molecule has 3 rings (SSSR count). The normalized spacial score (nSPS) is 11.4. The molecular formula is C33H39NO8S4. The third-order valence-corrected chi connectivity index (χ3v) is 10.6. The number of benzene rings is 2. The Labute approximate surface area is 287 Å². The summed E-state index contributed by atoms with van der Waals surface area (Å²) >= 11 is 6.99. The van der Waals surface area contributed by atoms with Crippen LogP contribution in [-0.2, 0) is 33.3 Å². The van der Waals surface area contributed by atoms with E-state index >= 15 is 0 Å². The van der Waals surface area contributed by atoms with Crippen LogP contribution in [0.3, 0.4) is 0 Å². The summed E-state index contributed by atoms with van der Waals surface area (Å²) in [5.74, 6) is 0.424. The number of thioether (sulfide) groups is 2. The first kappa shape index (κ1) is 37.5.